The van der Waals surface area contributed by atoms with E-state index < -0.39 is 0 Å². The lowest BCUT2D eigenvalue weighted by molar-refractivity contribution is 0.918. The minimum Gasteiger partial charge on any atom is -0.398 e. The van der Waals surface area contributed by atoms with Gasteiger partial charge in [0.2, 0.25) is 0 Å². The van der Waals surface area contributed by atoms with E-state index in [4.69, 9.17) is 28.9 Å². The Morgan fingerprint density at radius 3 is 2.58 bits per heavy atom. The second kappa shape index (κ2) is 5.72. The van der Waals surface area contributed by atoms with Crippen molar-refractivity contribution in [1.29, 1.82) is 0 Å². The molecule has 0 radical (unpaired) electrons. The van der Waals surface area contributed by atoms with Crippen LogP contribution in [0.25, 0.3) is 0 Å². The molecule has 2 N–H and O–H groups in total. The Balaban J connectivity index is 2.25. The first kappa shape index (κ1) is 14.0. The standard InChI is InChI=1S/C15H16Cl2N2/c1-10-6-14(18)13(17)8-15(10)19(2)9-11-4-3-5-12(16)7-11/h3-8H,9,18H2,1-2H3. The van der Waals surface area contributed by atoms with Crippen LogP contribution in [0.15, 0.2) is 36.4 Å². The smallest absolute Gasteiger partial charge is 0.0656 e. The van der Waals surface area contributed by atoms with Gasteiger partial charge in [-0.15, -0.1) is 0 Å². The average molecular weight is 295 g/mol. The van der Waals surface area contributed by atoms with Crippen LogP contribution < -0.4 is 10.6 Å². The predicted octanol–water partition coefficient (Wildman–Crippen LogP) is 4.52. The molecule has 0 aromatic heterocycles. The van der Waals surface area contributed by atoms with E-state index in [1.807, 2.05) is 44.3 Å². The van der Waals surface area contributed by atoms with Gasteiger partial charge < -0.3 is 10.6 Å². The number of hydrogen-bond donors (Lipinski definition) is 1. The molecule has 0 saturated carbocycles. The molecule has 4 heteroatoms. The van der Waals surface area contributed by atoms with Crippen molar-refractivity contribution in [3.05, 3.63) is 57.6 Å². The molecule has 100 valence electrons. The van der Waals surface area contributed by atoms with Gasteiger partial charge in [-0.2, -0.15) is 0 Å². The summed E-state index contributed by atoms with van der Waals surface area (Å²) >= 11 is 12.1. The van der Waals surface area contributed by atoms with Gasteiger partial charge in [-0.1, -0.05) is 35.3 Å². The van der Waals surface area contributed by atoms with Crippen LogP contribution in [0.1, 0.15) is 11.1 Å². The SMILES string of the molecule is Cc1cc(N)c(Cl)cc1N(C)Cc1cccc(Cl)c1. The highest BCUT2D eigenvalue weighted by atomic mass is 35.5. The highest BCUT2D eigenvalue weighted by molar-refractivity contribution is 6.33. The van der Waals surface area contributed by atoms with Crippen molar-refractivity contribution in [3.63, 3.8) is 0 Å². The Labute approximate surface area is 123 Å². The summed E-state index contributed by atoms with van der Waals surface area (Å²) in [5.41, 5.74) is 9.73. The van der Waals surface area contributed by atoms with E-state index in [-0.39, 0.29) is 0 Å². The number of nitrogens with zero attached hydrogens (tertiary/aromatic N) is 1. The molecule has 0 spiro atoms. The molecule has 0 aliphatic carbocycles. The number of halogens is 2. The second-order valence-electron chi connectivity index (χ2n) is 4.65. The van der Waals surface area contributed by atoms with Gasteiger partial charge in [-0.25, -0.2) is 0 Å². The van der Waals surface area contributed by atoms with Crippen LogP contribution in [-0.2, 0) is 6.54 Å². The number of nitrogen functional groups attached to an aromatic ring is 1. The fraction of sp³-hybridized carbons (Fsp3) is 0.200. The van der Waals surface area contributed by atoms with Crippen molar-refractivity contribution < 1.29 is 0 Å². The zero-order valence-electron chi connectivity index (χ0n) is 11.0. The third-order valence-electron chi connectivity index (χ3n) is 3.04. The van der Waals surface area contributed by atoms with Crippen molar-refractivity contribution in [3.8, 4) is 0 Å². The summed E-state index contributed by atoms with van der Waals surface area (Å²) in [6, 6.07) is 11.6. The molecule has 2 aromatic rings. The molecule has 0 saturated heterocycles. The minimum absolute atomic E-state index is 0.582. The number of hydrogen-bond acceptors (Lipinski definition) is 2. The number of nitrogens with two attached hydrogens (primary N) is 1. The lowest BCUT2D eigenvalue weighted by atomic mass is 10.1. The van der Waals surface area contributed by atoms with Gasteiger partial charge in [0, 0.05) is 24.3 Å². The van der Waals surface area contributed by atoms with Gasteiger partial charge in [-0.3, -0.25) is 0 Å². The predicted molar refractivity (Wildman–Crippen MR) is 84.2 cm³/mol. The monoisotopic (exact) mass is 294 g/mol. The molecule has 0 atom stereocenters. The van der Waals surface area contributed by atoms with Gasteiger partial charge in [0.25, 0.3) is 0 Å². The van der Waals surface area contributed by atoms with Crippen LogP contribution in [0, 0.1) is 6.92 Å². The lowest BCUT2D eigenvalue weighted by Gasteiger charge is -2.22. The van der Waals surface area contributed by atoms with Crippen molar-refractivity contribution in [2.24, 2.45) is 0 Å². The Hall–Kier alpha value is -1.38. The zero-order chi connectivity index (χ0) is 14.0. The van der Waals surface area contributed by atoms with Crippen LogP contribution in [0.5, 0.6) is 0 Å². The molecule has 2 nitrogen and oxygen atoms in total. The van der Waals surface area contributed by atoms with Crippen molar-refractivity contribution in [2.45, 2.75) is 13.5 Å². The maximum atomic E-state index is 6.09. The molecular formula is C15H16Cl2N2. The van der Waals surface area contributed by atoms with Crippen LogP contribution in [0.3, 0.4) is 0 Å². The van der Waals surface area contributed by atoms with E-state index in [1.54, 1.807) is 0 Å². The number of anilines is 2. The zero-order valence-corrected chi connectivity index (χ0v) is 12.5. The topological polar surface area (TPSA) is 29.3 Å². The minimum atomic E-state index is 0.582. The van der Waals surface area contributed by atoms with Gasteiger partial charge in [0.1, 0.15) is 0 Å². The summed E-state index contributed by atoms with van der Waals surface area (Å²) in [4.78, 5) is 2.13. The summed E-state index contributed by atoms with van der Waals surface area (Å²) < 4.78 is 0. The summed E-state index contributed by atoms with van der Waals surface area (Å²) in [5.74, 6) is 0. The van der Waals surface area contributed by atoms with Crippen molar-refractivity contribution in [1.82, 2.24) is 0 Å². The second-order valence-corrected chi connectivity index (χ2v) is 5.49. The third kappa shape index (κ3) is 3.34. The molecule has 2 rings (SSSR count). The van der Waals surface area contributed by atoms with E-state index in [9.17, 15) is 0 Å². The molecular weight excluding hydrogens is 279 g/mol. The van der Waals surface area contributed by atoms with Crippen LogP contribution in [0.2, 0.25) is 10.0 Å². The Morgan fingerprint density at radius 2 is 1.89 bits per heavy atom. The van der Waals surface area contributed by atoms with Crippen molar-refractivity contribution in [2.75, 3.05) is 17.7 Å². The highest BCUT2D eigenvalue weighted by Gasteiger charge is 2.09. The maximum Gasteiger partial charge on any atom is 0.0656 e. The van der Waals surface area contributed by atoms with Gasteiger partial charge in [0.05, 0.1) is 10.7 Å². The van der Waals surface area contributed by atoms with E-state index >= 15 is 0 Å². The number of rotatable bonds is 3. The molecule has 0 bridgehead atoms. The number of benzene rings is 2. The Bertz CT molecular complexity index is 597. The van der Waals surface area contributed by atoms with Gasteiger partial charge >= 0.3 is 0 Å². The lowest BCUT2D eigenvalue weighted by Crippen LogP contribution is -2.17. The maximum absolute atomic E-state index is 6.09. The van der Waals surface area contributed by atoms with Crippen LogP contribution >= 0.6 is 23.2 Å². The average Bonchev–Trinajstić information content (AvgIpc) is 2.33. The largest absolute Gasteiger partial charge is 0.398 e. The fourth-order valence-corrected chi connectivity index (χ4v) is 2.47. The van der Waals surface area contributed by atoms with Gasteiger partial charge in [-0.05, 0) is 42.3 Å². The van der Waals surface area contributed by atoms with E-state index in [0.717, 1.165) is 28.4 Å². The Morgan fingerprint density at radius 1 is 1.16 bits per heavy atom. The highest BCUT2D eigenvalue weighted by Crippen LogP contribution is 2.29. The molecule has 0 aliphatic rings. The first-order chi connectivity index (χ1) is 8.97. The van der Waals surface area contributed by atoms with E-state index in [1.165, 1.54) is 0 Å². The van der Waals surface area contributed by atoms with Crippen molar-refractivity contribution >= 4 is 34.6 Å². The third-order valence-corrected chi connectivity index (χ3v) is 3.60. The molecule has 0 heterocycles. The Kier molecular flexibility index (Phi) is 4.23. The fourth-order valence-electron chi connectivity index (χ4n) is 2.10. The summed E-state index contributed by atoms with van der Waals surface area (Å²) in [5, 5.41) is 1.33. The molecule has 19 heavy (non-hydrogen) atoms. The van der Waals surface area contributed by atoms with Crippen LogP contribution in [0.4, 0.5) is 11.4 Å². The number of aryl methyl sites for hydroxylation is 1. The molecule has 0 unspecified atom stereocenters. The summed E-state index contributed by atoms with van der Waals surface area (Å²) in [6.45, 7) is 2.79. The molecule has 0 fully saturated rings. The first-order valence-electron chi connectivity index (χ1n) is 5.98. The molecule has 2 aromatic carbocycles. The van der Waals surface area contributed by atoms with E-state index in [2.05, 4.69) is 11.0 Å². The van der Waals surface area contributed by atoms with Crippen LogP contribution in [-0.4, -0.2) is 7.05 Å². The molecule has 0 amide bonds. The summed E-state index contributed by atoms with van der Waals surface area (Å²) in [7, 11) is 2.02. The van der Waals surface area contributed by atoms with Gasteiger partial charge in [0.15, 0.2) is 0 Å². The van der Waals surface area contributed by atoms with E-state index in [0.29, 0.717) is 10.7 Å². The quantitative estimate of drug-likeness (QED) is 0.843. The first-order valence-corrected chi connectivity index (χ1v) is 6.74. The summed E-state index contributed by atoms with van der Waals surface area (Å²) in [6.07, 6.45) is 0. The molecule has 0 aliphatic heterocycles. The normalized spacial score (nSPS) is 10.5.